The smallest absolute Gasteiger partial charge is 0.359 e. The summed E-state index contributed by atoms with van der Waals surface area (Å²) in [5.74, 6) is 1.27. The molecule has 1 heterocycles. The number of aromatic amines is 1. The van der Waals surface area contributed by atoms with E-state index in [0.717, 1.165) is 19.3 Å². The number of benzene rings is 1. The van der Waals surface area contributed by atoms with Gasteiger partial charge >= 0.3 is 5.97 Å². The number of halogens is 1. The molecule has 0 saturated heterocycles. The van der Waals surface area contributed by atoms with Gasteiger partial charge in [0.2, 0.25) is 15.5 Å². The molecule has 2 aromatic rings. The number of rotatable bonds is 4. The first-order valence-electron chi connectivity index (χ1n) is 8.25. The van der Waals surface area contributed by atoms with Crippen LogP contribution in [-0.4, -0.2) is 40.2 Å². The Morgan fingerprint density at radius 1 is 1.30 bits per heavy atom. The third-order valence-electron chi connectivity index (χ3n) is 4.20. The van der Waals surface area contributed by atoms with Gasteiger partial charge in [-0.2, -0.15) is 0 Å². The molecule has 1 saturated carbocycles. The molecule has 0 amide bonds. The second-order valence-electron chi connectivity index (χ2n) is 6.08. The van der Waals surface area contributed by atoms with Crippen molar-refractivity contribution in [3.63, 3.8) is 0 Å². The van der Waals surface area contributed by atoms with E-state index in [0.29, 0.717) is 18.4 Å². The molecule has 2 N–H and O–H groups in total. The lowest BCUT2D eigenvalue weighted by Gasteiger charge is -2.18. The van der Waals surface area contributed by atoms with E-state index in [2.05, 4.69) is 26.6 Å². The quantitative estimate of drug-likeness (QED) is 0.744. The zero-order valence-corrected chi connectivity index (χ0v) is 15.7. The fourth-order valence-corrected chi connectivity index (χ4v) is 4.38. The number of carboxylic acid groups (broad SMARTS) is 1. The Hall–Kier alpha value is -2.57. The fourth-order valence-electron chi connectivity index (χ4n) is 2.78. The highest BCUT2D eigenvalue weighted by Gasteiger charge is 2.25. The van der Waals surface area contributed by atoms with Gasteiger partial charge in [-0.05, 0) is 37.0 Å². The summed E-state index contributed by atoms with van der Waals surface area (Å²) in [6.45, 7) is 0. The molecule has 1 aromatic heterocycles. The lowest BCUT2D eigenvalue weighted by molar-refractivity contribution is 0.0687. The van der Waals surface area contributed by atoms with Crippen molar-refractivity contribution in [1.82, 2.24) is 15.4 Å². The summed E-state index contributed by atoms with van der Waals surface area (Å²) in [4.78, 5) is 11.0. The van der Waals surface area contributed by atoms with Crippen LogP contribution >= 0.6 is 11.6 Å². The van der Waals surface area contributed by atoms with Crippen LogP contribution in [0.5, 0.6) is 11.6 Å². The van der Waals surface area contributed by atoms with Crippen LogP contribution in [0.25, 0.3) is 0 Å². The van der Waals surface area contributed by atoms with Gasteiger partial charge in [-0.25, -0.2) is 18.3 Å². The van der Waals surface area contributed by atoms with Crippen LogP contribution in [-0.2, 0) is 9.84 Å². The lowest BCUT2D eigenvalue weighted by Crippen LogP contribution is -2.22. The average molecular weight is 410 g/mol. The van der Waals surface area contributed by atoms with E-state index in [1.165, 1.54) is 18.2 Å². The zero-order chi connectivity index (χ0) is 19.4. The molecular formula is C17H16ClN3O5S. The molecule has 0 spiro atoms. The summed E-state index contributed by atoms with van der Waals surface area (Å²) in [5.41, 5.74) is 0.0962. The molecule has 0 atom stereocenters. The number of carbonyl (C=O) groups is 1. The first-order chi connectivity index (χ1) is 12.9. The highest BCUT2D eigenvalue weighted by atomic mass is 35.5. The van der Waals surface area contributed by atoms with Crippen LogP contribution in [0.4, 0.5) is 0 Å². The first kappa shape index (κ1) is 19.2. The summed E-state index contributed by atoms with van der Waals surface area (Å²) in [7, 11) is -3.48. The standard InChI is InChI=1S/C17H16ClN3O5S/c18-13-10-11(8-9-27(24,25)12-4-2-1-3-5-12)6-7-14(13)26-16-15(17(22)23)19-21-20-16/h6-7,10,12H,1-5H2,(H,22,23)(H,19,20,21). The van der Waals surface area contributed by atoms with Gasteiger partial charge in [0.05, 0.1) is 10.3 Å². The highest BCUT2D eigenvalue weighted by Crippen LogP contribution is 2.30. The number of hydrogen-bond donors (Lipinski definition) is 2. The Morgan fingerprint density at radius 3 is 2.70 bits per heavy atom. The number of nitrogens with one attached hydrogen (secondary N) is 1. The number of H-pyrrole nitrogens is 1. The minimum absolute atomic E-state index is 0.135. The van der Waals surface area contributed by atoms with Gasteiger partial charge in [-0.3, -0.25) is 0 Å². The van der Waals surface area contributed by atoms with Crippen LogP contribution < -0.4 is 4.74 Å². The summed E-state index contributed by atoms with van der Waals surface area (Å²) in [6, 6.07) is 4.44. The molecule has 1 aliphatic carbocycles. The maximum Gasteiger partial charge on any atom is 0.359 e. The normalized spacial score (nSPS) is 15.0. The van der Waals surface area contributed by atoms with E-state index in [4.69, 9.17) is 21.4 Å². The number of ether oxygens (including phenoxy) is 1. The van der Waals surface area contributed by atoms with Crippen LogP contribution in [0.1, 0.15) is 48.2 Å². The third-order valence-corrected chi connectivity index (χ3v) is 6.23. The summed E-state index contributed by atoms with van der Waals surface area (Å²) >= 11 is 6.13. The van der Waals surface area contributed by atoms with Crippen LogP contribution in [0.15, 0.2) is 18.2 Å². The molecule has 1 aromatic carbocycles. The van der Waals surface area contributed by atoms with Crippen molar-refractivity contribution < 1.29 is 23.1 Å². The monoisotopic (exact) mass is 409 g/mol. The predicted octanol–water partition coefficient (Wildman–Crippen LogP) is 3.01. The van der Waals surface area contributed by atoms with Gasteiger partial charge in [-0.15, -0.1) is 0 Å². The molecule has 1 fully saturated rings. The first-order valence-corrected chi connectivity index (χ1v) is 10.2. The van der Waals surface area contributed by atoms with E-state index >= 15 is 0 Å². The molecule has 8 nitrogen and oxygen atoms in total. The van der Waals surface area contributed by atoms with Gasteiger partial charge in [0.15, 0.2) is 0 Å². The van der Waals surface area contributed by atoms with E-state index in [1.54, 1.807) is 0 Å². The Kier molecular flexibility index (Phi) is 5.68. The number of aromatic carboxylic acids is 1. The topological polar surface area (TPSA) is 122 Å². The van der Waals surface area contributed by atoms with Crippen molar-refractivity contribution in [1.29, 1.82) is 0 Å². The molecule has 1 aliphatic rings. The average Bonchev–Trinajstić information content (AvgIpc) is 3.11. The number of nitrogens with zero attached hydrogens (tertiary/aromatic N) is 2. The number of aromatic nitrogens is 3. The second-order valence-corrected chi connectivity index (χ2v) is 8.44. The summed E-state index contributed by atoms with van der Waals surface area (Å²) < 4.78 is 30.0. The maximum absolute atomic E-state index is 12.3. The van der Waals surface area contributed by atoms with E-state index in [9.17, 15) is 13.2 Å². The fraction of sp³-hybridized carbons (Fsp3) is 0.353. The van der Waals surface area contributed by atoms with Crippen molar-refractivity contribution in [2.45, 2.75) is 37.4 Å². The van der Waals surface area contributed by atoms with Gasteiger partial charge in [0.25, 0.3) is 5.88 Å². The third kappa shape index (κ3) is 4.59. The van der Waals surface area contributed by atoms with Crippen molar-refractivity contribution in [3.05, 3.63) is 34.5 Å². The van der Waals surface area contributed by atoms with E-state index in [1.807, 2.05) is 0 Å². The Bertz CT molecular complexity index is 1020. The molecular weight excluding hydrogens is 394 g/mol. The van der Waals surface area contributed by atoms with E-state index < -0.39 is 21.1 Å². The van der Waals surface area contributed by atoms with Gasteiger partial charge in [-0.1, -0.05) is 41.2 Å². The Morgan fingerprint density at radius 2 is 2.04 bits per heavy atom. The van der Waals surface area contributed by atoms with Crippen LogP contribution in [0, 0.1) is 11.2 Å². The van der Waals surface area contributed by atoms with Crippen molar-refractivity contribution in [2.24, 2.45) is 0 Å². The molecule has 0 bridgehead atoms. The maximum atomic E-state index is 12.3. The number of hydrogen-bond acceptors (Lipinski definition) is 6. The molecule has 0 radical (unpaired) electrons. The highest BCUT2D eigenvalue weighted by molar-refractivity contribution is 7.96. The minimum atomic E-state index is -3.48. The van der Waals surface area contributed by atoms with Crippen LogP contribution in [0.2, 0.25) is 5.02 Å². The summed E-state index contributed by atoms with van der Waals surface area (Å²) in [6.07, 6.45) is 4.17. The molecule has 142 valence electrons. The molecule has 0 unspecified atom stereocenters. The molecule has 0 aliphatic heterocycles. The van der Waals surface area contributed by atoms with E-state index in [-0.39, 0.29) is 22.3 Å². The molecule has 27 heavy (non-hydrogen) atoms. The van der Waals surface area contributed by atoms with Crippen molar-refractivity contribution >= 4 is 27.4 Å². The molecule has 10 heteroatoms. The molecule has 3 rings (SSSR count). The zero-order valence-electron chi connectivity index (χ0n) is 14.1. The number of sulfone groups is 1. The van der Waals surface area contributed by atoms with Crippen molar-refractivity contribution in [2.75, 3.05) is 0 Å². The Labute approximate surface area is 160 Å². The lowest BCUT2D eigenvalue weighted by atomic mass is 10.0. The Balaban J connectivity index is 1.77. The predicted molar refractivity (Wildman–Crippen MR) is 97.5 cm³/mol. The van der Waals surface area contributed by atoms with Gasteiger partial charge in [0.1, 0.15) is 5.75 Å². The van der Waals surface area contributed by atoms with Gasteiger partial charge < -0.3 is 9.84 Å². The van der Waals surface area contributed by atoms with Gasteiger partial charge in [0, 0.05) is 10.8 Å². The largest absolute Gasteiger partial charge is 0.476 e. The SMILES string of the molecule is O=C(O)c1[nH]nnc1Oc1ccc(C#CS(=O)(=O)C2CCCCC2)cc1Cl. The van der Waals surface area contributed by atoms with Crippen LogP contribution in [0.3, 0.4) is 0 Å². The summed E-state index contributed by atoms with van der Waals surface area (Å²) in [5, 5.41) is 20.2. The minimum Gasteiger partial charge on any atom is -0.476 e. The second kappa shape index (κ2) is 7.98. The van der Waals surface area contributed by atoms with Crippen molar-refractivity contribution in [3.8, 4) is 22.8 Å². The number of carboxylic acids is 1.